The van der Waals surface area contributed by atoms with Crippen LogP contribution in [-0.2, 0) is 0 Å². The van der Waals surface area contributed by atoms with Gasteiger partial charge in [-0.1, -0.05) is 176 Å². The van der Waals surface area contributed by atoms with E-state index in [-0.39, 0.29) is 11.8 Å². The fraction of sp³-hybridized carbons (Fsp3) is 0.0435. The molecule has 46 heavy (non-hydrogen) atoms. The first-order valence-electron chi connectivity index (χ1n) is 16.2. The molecular weight excluding hydrogens is 553 g/mol. The van der Waals surface area contributed by atoms with Crippen LogP contribution in [0.1, 0.15) is 17.0 Å². The van der Waals surface area contributed by atoms with E-state index in [4.69, 9.17) is 0 Å². The molecule has 0 N–H and O–H groups in total. The van der Waals surface area contributed by atoms with Crippen molar-refractivity contribution in [3.8, 4) is 22.3 Å². The van der Waals surface area contributed by atoms with Crippen molar-refractivity contribution in [2.45, 2.75) is 5.92 Å². The molecule has 9 rings (SSSR count). The Hall–Kier alpha value is -5.72. The van der Waals surface area contributed by atoms with E-state index in [0.717, 1.165) is 0 Å². The first-order valence-corrected chi connectivity index (χ1v) is 16.2. The molecule has 7 aromatic carbocycles. The molecule has 216 valence electrons. The van der Waals surface area contributed by atoms with E-state index in [0.29, 0.717) is 0 Å². The molecule has 0 bridgehead atoms. The summed E-state index contributed by atoms with van der Waals surface area (Å²) in [5, 5.41) is 7.75. The minimum Gasteiger partial charge on any atom is -0.0761 e. The van der Waals surface area contributed by atoms with Crippen molar-refractivity contribution in [3.05, 3.63) is 199 Å². The van der Waals surface area contributed by atoms with E-state index in [1.807, 2.05) is 0 Å². The van der Waals surface area contributed by atoms with E-state index in [1.54, 1.807) is 0 Å². The monoisotopic (exact) mass is 584 g/mol. The molecule has 0 heteroatoms. The number of hydrogen-bond donors (Lipinski definition) is 0. The molecule has 0 heterocycles. The molecule has 0 amide bonds. The Morgan fingerprint density at radius 1 is 0.435 bits per heavy atom. The van der Waals surface area contributed by atoms with Crippen LogP contribution in [-0.4, -0.2) is 0 Å². The summed E-state index contributed by atoms with van der Waals surface area (Å²) in [4.78, 5) is 0. The quantitative estimate of drug-likeness (QED) is 0.181. The maximum Gasteiger partial charge on any atom is 0.0125 e. The topological polar surface area (TPSA) is 0 Å². The van der Waals surface area contributed by atoms with Crippen LogP contribution in [0.25, 0.3) is 60.1 Å². The molecule has 0 aromatic heterocycles. The molecule has 7 aromatic rings. The van der Waals surface area contributed by atoms with Gasteiger partial charge in [-0.05, 0) is 82.9 Å². The SMILES string of the molecule is C1=CC(c2ccc3c(-c4ccccc4)c4ccccc4c(-c4ccccc4)c3c2)C2C=CC(c3cccc4ccccc34)=CC2=C1. The highest BCUT2D eigenvalue weighted by molar-refractivity contribution is 6.21. The van der Waals surface area contributed by atoms with Gasteiger partial charge in [0.2, 0.25) is 0 Å². The van der Waals surface area contributed by atoms with Gasteiger partial charge in [0.05, 0.1) is 0 Å². The van der Waals surface area contributed by atoms with Crippen molar-refractivity contribution in [1.82, 2.24) is 0 Å². The van der Waals surface area contributed by atoms with Crippen LogP contribution >= 0.6 is 0 Å². The molecule has 0 saturated heterocycles. The molecule has 0 nitrogen and oxygen atoms in total. The first-order chi connectivity index (χ1) is 22.8. The van der Waals surface area contributed by atoms with Gasteiger partial charge >= 0.3 is 0 Å². The fourth-order valence-electron chi connectivity index (χ4n) is 7.73. The molecule has 0 saturated carbocycles. The summed E-state index contributed by atoms with van der Waals surface area (Å²) in [7, 11) is 0. The first kappa shape index (κ1) is 26.7. The lowest BCUT2D eigenvalue weighted by molar-refractivity contribution is 0.672. The number of rotatable bonds is 4. The second kappa shape index (κ2) is 11.0. The van der Waals surface area contributed by atoms with Gasteiger partial charge in [-0.3, -0.25) is 0 Å². The lowest BCUT2D eigenvalue weighted by Gasteiger charge is -2.30. The summed E-state index contributed by atoms with van der Waals surface area (Å²) >= 11 is 0. The molecule has 2 aliphatic carbocycles. The molecule has 2 unspecified atom stereocenters. The van der Waals surface area contributed by atoms with Crippen LogP contribution in [0.5, 0.6) is 0 Å². The highest BCUT2D eigenvalue weighted by Gasteiger charge is 2.27. The zero-order valence-corrected chi connectivity index (χ0v) is 25.5. The Morgan fingerprint density at radius 2 is 1.04 bits per heavy atom. The predicted molar refractivity (Wildman–Crippen MR) is 197 cm³/mol. The third-order valence-electron chi connectivity index (χ3n) is 9.84. The van der Waals surface area contributed by atoms with E-state index >= 15 is 0 Å². The van der Waals surface area contributed by atoms with Gasteiger partial charge in [-0.15, -0.1) is 0 Å². The van der Waals surface area contributed by atoms with Crippen molar-refractivity contribution >= 4 is 37.9 Å². The number of fused-ring (bicyclic) bond motifs is 4. The van der Waals surface area contributed by atoms with E-state index < -0.39 is 0 Å². The Labute approximate surface area is 270 Å². The predicted octanol–water partition coefficient (Wildman–Crippen LogP) is 12.3. The van der Waals surface area contributed by atoms with Gasteiger partial charge in [0, 0.05) is 11.8 Å². The van der Waals surface area contributed by atoms with Crippen molar-refractivity contribution in [2.24, 2.45) is 5.92 Å². The fourth-order valence-corrected chi connectivity index (χ4v) is 7.73. The van der Waals surface area contributed by atoms with Gasteiger partial charge in [0.15, 0.2) is 0 Å². The average molecular weight is 585 g/mol. The van der Waals surface area contributed by atoms with Crippen LogP contribution < -0.4 is 0 Å². The smallest absolute Gasteiger partial charge is 0.0125 e. The van der Waals surface area contributed by atoms with E-state index in [9.17, 15) is 0 Å². The second-order valence-electron chi connectivity index (χ2n) is 12.4. The molecule has 0 aliphatic heterocycles. The third kappa shape index (κ3) is 4.37. The standard InChI is InChI=1S/C46H32/c1-3-14-32(15-4-1)45-41-21-9-10-22-42(41)46(33-16-5-2-6-17-33)44-30-36(26-28-43(44)45)39-24-12-19-34-29-35(25-27-40(34)39)38-23-11-18-31-13-7-8-20-37(31)38/h1-30,39-40H. The number of benzene rings is 7. The van der Waals surface area contributed by atoms with Gasteiger partial charge in [0.1, 0.15) is 0 Å². The Bertz CT molecular complexity index is 2400. The Kier molecular flexibility index (Phi) is 6.39. The lowest BCUT2D eigenvalue weighted by Crippen LogP contribution is -2.15. The third-order valence-corrected chi connectivity index (χ3v) is 9.84. The highest BCUT2D eigenvalue weighted by Crippen LogP contribution is 2.47. The van der Waals surface area contributed by atoms with Crippen molar-refractivity contribution in [3.63, 3.8) is 0 Å². The maximum atomic E-state index is 2.48. The van der Waals surface area contributed by atoms with E-state index in [2.05, 4.69) is 182 Å². The molecule has 0 radical (unpaired) electrons. The number of allylic oxidation sites excluding steroid dienone is 8. The summed E-state index contributed by atoms with van der Waals surface area (Å²) in [6.45, 7) is 0. The summed E-state index contributed by atoms with van der Waals surface area (Å²) in [6.07, 6.45) is 14.1. The normalized spacial score (nSPS) is 17.2. The minimum atomic E-state index is 0.251. The molecule has 2 aliphatic rings. The molecule has 0 spiro atoms. The summed E-state index contributed by atoms with van der Waals surface area (Å²) in [5.74, 6) is 0.539. The van der Waals surface area contributed by atoms with Crippen molar-refractivity contribution < 1.29 is 0 Å². The Morgan fingerprint density at radius 3 is 1.78 bits per heavy atom. The largest absolute Gasteiger partial charge is 0.0761 e. The van der Waals surface area contributed by atoms with Crippen LogP contribution in [0.4, 0.5) is 0 Å². The Balaban J connectivity index is 1.21. The van der Waals surface area contributed by atoms with Gasteiger partial charge in [-0.2, -0.15) is 0 Å². The summed E-state index contributed by atoms with van der Waals surface area (Å²) in [6, 6.07) is 53.2. The van der Waals surface area contributed by atoms with Crippen LogP contribution in [0.15, 0.2) is 188 Å². The van der Waals surface area contributed by atoms with Gasteiger partial charge in [0.25, 0.3) is 0 Å². The molecular formula is C46H32. The van der Waals surface area contributed by atoms with Gasteiger partial charge in [-0.25, -0.2) is 0 Å². The van der Waals surface area contributed by atoms with Crippen LogP contribution in [0, 0.1) is 5.92 Å². The van der Waals surface area contributed by atoms with Crippen molar-refractivity contribution in [1.29, 1.82) is 0 Å². The summed E-state index contributed by atoms with van der Waals surface area (Å²) < 4.78 is 0. The maximum absolute atomic E-state index is 2.48. The van der Waals surface area contributed by atoms with E-state index in [1.165, 1.54) is 76.8 Å². The molecule has 0 fully saturated rings. The molecule has 2 atom stereocenters. The lowest BCUT2D eigenvalue weighted by atomic mass is 9.74. The zero-order chi connectivity index (χ0) is 30.5. The zero-order valence-electron chi connectivity index (χ0n) is 25.5. The van der Waals surface area contributed by atoms with Crippen LogP contribution in [0.3, 0.4) is 0 Å². The van der Waals surface area contributed by atoms with Gasteiger partial charge < -0.3 is 0 Å². The second-order valence-corrected chi connectivity index (χ2v) is 12.4. The minimum absolute atomic E-state index is 0.251. The van der Waals surface area contributed by atoms with Crippen molar-refractivity contribution in [2.75, 3.05) is 0 Å². The summed E-state index contributed by atoms with van der Waals surface area (Å²) in [5.41, 5.74) is 10.4. The highest BCUT2D eigenvalue weighted by atomic mass is 14.3. The average Bonchev–Trinajstić information content (AvgIpc) is 3.13. The number of hydrogen-bond acceptors (Lipinski definition) is 0. The van der Waals surface area contributed by atoms with Crippen LogP contribution in [0.2, 0.25) is 0 Å².